The van der Waals surface area contributed by atoms with Crippen molar-refractivity contribution in [2.75, 3.05) is 18.9 Å². The zero-order valence-electron chi connectivity index (χ0n) is 10.9. The van der Waals surface area contributed by atoms with Gasteiger partial charge >= 0.3 is 0 Å². The minimum absolute atomic E-state index is 0.0270. The second-order valence-electron chi connectivity index (χ2n) is 4.16. The van der Waals surface area contributed by atoms with E-state index in [0.29, 0.717) is 13.0 Å². The van der Waals surface area contributed by atoms with Crippen molar-refractivity contribution in [2.24, 2.45) is 0 Å². The van der Waals surface area contributed by atoms with Crippen LogP contribution < -0.4 is 10.6 Å². The van der Waals surface area contributed by atoms with Gasteiger partial charge in [0.15, 0.2) is 0 Å². The van der Waals surface area contributed by atoms with Crippen molar-refractivity contribution in [1.82, 2.24) is 25.5 Å². The highest BCUT2D eigenvalue weighted by atomic mass is 16.1. The number of benzene rings is 1. The molecule has 2 N–H and O–H groups in total. The predicted octanol–water partition coefficient (Wildman–Crippen LogP) is 0.519. The van der Waals surface area contributed by atoms with Gasteiger partial charge < -0.3 is 10.6 Å². The molecule has 0 saturated carbocycles. The Bertz CT molecular complexity index is 551. The molecule has 1 aromatic heterocycles. The van der Waals surface area contributed by atoms with E-state index in [4.69, 9.17) is 0 Å². The third-order valence-electron chi connectivity index (χ3n) is 2.69. The number of anilines is 1. The minimum atomic E-state index is -0.0270. The van der Waals surface area contributed by atoms with Crippen LogP contribution in [0, 0.1) is 6.92 Å². The maximum absolute atomic E-state index is 11.7. The van der Waals surface area contributed by atoms with Crippen LogP contribution in [0.4, 0.5) is 5.69 Å². The van der Waals surface area contributed by atoms with Gasteiger partial charge in [-0.25, -0.2) is 4.68 Å². The molecule has 2 aromatic rings. The van der Waals surface area contributed by atoms with E-state index in [2.05, 4.69) is 26.2 Å². The summed E-state index contributed by atoms with van der Waals surface area (Å²) < 4.78 is 1.57. The van der Waals surface area contributed by atoms with Gasteiger partial charge in [-0.3, -0.25) is 4.79 Å². The van der Waals surface area contributed by atoms with E-state index in [1.165, 1.54) is 6.33 Å². The van der Waals surface area contributed by atoms with Crippen molar-refractivity contribution < 1.29 is 4.79 Å². The molecule has 1 heterocycles. The van der Waals surface area contributed by atoms with Crippen LogP contribution >= 0.6 is 0 Å². The molecule has 0 spiro atoms. The number of aromatic nitrogens is 4. The predicted molar refractivity (Wildman–Crippen MR) is 71.1 cm³/mol. The van der Waals surface area contributed by atoms with Crippen molar-refractivity contribution >= 4 is 11.6 Å². The molecule has 0 bridgehead atoms. The number of hydrogen-bond donors (Lipinski definition) is 2. The molecular formula is C12H16N6O. The number of carbonyl (C=O) groups is 1. The number of amides is 1. The smallest absolute Gasteiger partial charge is 0.225 e. The lowest BCUT2D eigenvalue weighted by atomic mass is 10.2. The minimum Gasteiger partial charge on any atom is -0.326 e. The standard InChI is InChI=1S/C12H16N6O/c1-9-3-4-10(15-12(19)5-6-13-2)7-11(9)18-8-14-16-17-18/h3-4,7-8,13H,5-6H2,1-2H3,(H,15,19). The van der Waals surface area contributed by atoms with Crippen LogP contribution in [0.2, 0.25) is 0 Å². The summed E-state index contributed by atoms with van der Waals surface area (Å²) in [6, 6.07) is 5.63. The Morgan fingerprint density at radius 1 is 1.42 bits per heavy atom. The third kappa shape index (κ3) is 3.35. The second kappa shape index (κ2) is 6.05. The maximum Gasteiger partial charge on any atom is 0.225 e. The average Bonchev–Trinajstić information content (AvgIpc) is 2.92. The molecule has 2 rings (SSSR count). The zero-order valence-corrected chi connectivity index (χ0v) is 10.9. The maximum atomic E-state index is 11.7. The van der Waals surface area contributed by atoms with E-state index in [1.54, 1.807) is 4.68 Å². The Hall–Kier alpha value is -2.28. The van der Waals surface area contributed by atoms with E-state index in [9.17, 15) is 4.79 Å². The quantitative estimate of drug-likeness (QED) is 0.818. The van der Waals surface area contributed by atoms with Gasteiger partial charge in [0.05, 0.1) is 5.69 Å². The van der Waals surface area contributed by atoms with Crippen molar-refractivity contribution in [3.63, 3.8) is 0 Å². The van der Waals surface area contributed by atoms with Crippen molar-refractivity contribution in [3.8, 4) is 5.69 Å². The van der Waals surface area contributed by atoms with Crippen LogP contribution in [0.1, 0.15) is 12.0 Å². The van der Waals surface area contributed by atoms with Gasteiger partial charge in [0.25, 0.3) is 0 Å². The van der Waals surface area contributed by atoms with Gasteiger partial charge in [0.2, 0.25) is 5.91 Å². The van der Waals surface area contributed by atoms with Crippen LogP contribution in [-0.2, 0) is 4.79 Å². The first kappa shape index (κ1) is 13.2. The molecule has 0 aliphatic carbocycles. The zero-order chi connectivity index (χ0) is 13.7. The van der Waals surface area contributed by atoms with Crippen LogP contribution in [0.5, 0.6) is 0 Å². The Kier molecular flexibility index (Phi) is 4.19. The molecule has 0 aliphatic rings. The lowest BCUT2D eigenvalue weighted by Gasteiger charge is -2.09. The molecule has 0 radical (unpaired) electrons. The molecule has 7 nitrogen and oxygen atoms in total. The van der Waals surface area contributed by atoms with Crippen molar-refractivity contribution in [1.29, 1.82) is 0 Å². The lowest BCUT2D eigenvalue weighted by Crippen LogP contribution is -2.18. The molecule has 1 amide bonds. The third-order valence-corrected chi connectivity index (χ3v) is 2.69. The number of hydrogen-bond acceptors (Lipinski definition) is 5. The average molecular weight is 260 g/mol. The molecular weight excluding hydrogens is 244 g/mol. The van der Waals surface area contributed by atoms with Crippen molar-refractivity contribution in [2.45, 2.75) is 13.3 Å². The number of tetrazole rings is 1. The highest BCUT2D eigenvalue weighted by Gasteiger charge is 2.06. The molecule has 7 heteroatoms. The molecule has 0 saturated heterocycles. The fraction of sp³-hybridized carbons (Fsp3) is 0.333. The second-order valence-corrected chi connectivity index (χ2v) is 4.16. The topological polar surface area (TPSA) is 84.7 Å². The lowest BCUT2D eigenvalue weighted by molar-refractivity contribution is -0.116. The molecule has 100 valence electrons. The summed E-state index contributed by atoms with van der Waals surface area (Å²) in [5.41, 5.74) is 2.61. The summed E-state index contributed by atoms with van der Waals surface area (Å²) >= 11 is 0. The Labute approximate surface area is 111 Å². The largest absolute Gasteiger partial charge is 0.326 e. The van der Waals surface area contributed by atoms with Gasteiger partial charge in [-0.2, -0.15) is 0 Å². The molecule has 0 atom stereocenters. The number of nitrogens with one attached hydrogen (secondary N) is 2. The normalized spacial score (nSPS) is 10.4. The SMILES string of the molecule is CNCCC(=O)Nc1ccc(C)c(-n2cnnn2)c1. The number of rotatable bonds is 5. The summed E-state index contributed by atoms with van der Waals surface area (Å²) in [4.78, 5) is 11.7. The first-order valence-electron chi connectivity index (χ1n) is 5.99. The fourth-order valence-electron chi connectivity index (χ4n) is 1.67. The monoisotopic (exact) mass is 260 g/mol. The van der Waals surface area contributed by atoms with Gasteiger partial charge in [-0.05, 0) is 42.1 Å². The first-order valence-corrected chi connectivity index (χ1v) is 5.99. The summed E-state index contributed by atoms with van der Waals surface area (Å²) in [6.07, 6.45) is 1.96. The molecule has 1 aromatic carbocycles. The summed E-state index contributed by atoms with van der Waals surface area (Å²) in [5, 5.41) is 16.8. The van der Waals surface area contributed by atoms with Crippen LogP contribution in [0.3, 0.4) is 0 Å². The molecule has 0 unspecified atom stereocenters. The van der Waals surface area contributed by atoms with Crippen LogP contribution in [-0.4, -0.2) is 39.7 Å². The number of nitrogens with zero attached hydrogens (tertiary/aromatic N) is 4. The molecule has 0 fully saturated rings. The Morgan fingerprint density at radius 3 is 2.95 bits per heavy atom. The Morgan fingerprint density at radius 2 is 2.26 bits per heavy atom. The van der Waals surface area contributed by atoms with Crippen molar-refractivity contribution in [3.05, 3.63) is 30.1 Å². The van der Waals surface area contributed by atoms with Gasteiger partial charge in [-0.1, -0.05) is 6.07 Å². The highest BCUT2D eigenvalue weighted by Crippen LogP contribution is 2.18. The van der Waals surface area contributed by atoms with Crippen LogP contribution in [0.15, 0.2) is 24.5 Å². The number of carbonyl (C=O) groups excluding carboxylic acids is 1. The molecule has 19 heavy (non-hydrogen) atoms. The van der Waals surface area contributed by atoms with Gasteiger partial charge in [0, 0.05) is 18.7 Å². The summed E-state index contributed by atoms with van der Waals surface area (Å²) in [5.74, 6) is -0.0270. The number of aryl methyl sites for hydroxylation is 1. The van der Waals surface area contributed by atoms with E-state index < -0.39 is 0 Å². The Balaban J connectivity index is 2.15. The fourth-order valence-corrected chi connectivity index (χ4v) is 1.67. The summed E-state index contributed by atoms with van der Waals surface area (Å²) in [6.45, 7) is 2.61. The molecule has 0 aliphatic heterocycles. The van der Waals surface area contributed by atoms with E-state index >= 15 is 0 Å². The summed E-state index contributed by atoms with van der Waals surface area (Å²) in [7, 11) is 1.81. The highest BCUT2D eigenvalue weighted by molar-refractivity contribution is 5.91. The van der Waals surface area contributed by atoms with Crippen LogP contribution in [0.25, 0.3) is 5.69 Å². The van der Waals surface area contributed by atoms with E-state index in [1.807, 2.05) is 32.2 Å². The van der Waals surface area contributed by atoms with E-state index in [-0.39, 0.29) is 5.91 Å². The van der Waals surface area contributed by atoms with Gasteiger partial charge in [0.1, 0.15) is 6.33 Å². The van der Waals surface area contributed by atoms with E-state index in [0.717, 1.165) is 16.9 Å². The van der Waals surface area contributed by atoms with Gasteiger partial charge in [-0.15, -0.1) is 5.10 Å². The first-order chi connectivity index (χ1) is 9.20.